The van der Waals surface area contributed by atoms with Gasteiger partial charge in [0.25, 0.3) is 0 Å². The van der Waals surface area contributed by atoms with E-state index in [1.165, 1.54) is 6.39 Å². The van der Waals surface area contributed by atoms with E-state index in [0.717, 1.165) is 11.2 Å². The molecule has 0 atom stereocenters. The number of ether oxygens (including phenoxy) is 1. The first kappa shape index (κ1) is 5.34. The van der Waals surface area contributed by atoms with Crippen molar-refractivity contribution < 1.29 is 9.15 Å². The third-order valence-electron chi connectivity index (χ3n) is 1.32. The molecule has 0 saturated carbocycles. The van der Waals surface area contributed by atoms with Crippen LogP contribution in [0.5, 0.6) is 5.88 Å². The van der Waals surface area contributed by atoms with Crippen LogP contribution in [-0.2, 0) is 0 Å². The maximum Gasteiger partial charge on any atom is 0.196 e. The fourth-order valence-corrected chi connectivity index (χ4v) is 0.833. The Labute approximate surface area is 56.8 Å². The largest absolute Gasteiger partial charge is 0.482 e. The molecule has 0 aliphatic carbocycles. The Morgan fingerprint density at radius 1 is 1.70 bits per heavy atom. The fraction of sp³-hybridized carbons (Fsp3) is 0.167. The molecule has 0 saturated heterocycles. The minimum Gasteiger partial charge on any atom is -0.482 e. The Bertz CT molecular complexity index is 307. The van der Waals surface area contributed by atoms with Gasteiger partial charge in [-0.1, -0.05) is 0 Å². The van der Waals surface area contributed by atoms with E-state index in [4.69, 9.17) is 9.15 Å². The quantitative estimate of drug-likeness (QED) is 0.643. The Morgan fingerprint density at radius 3 is 3.30 bits per heavy atom. The van der Waals surface area contributed by atoms with E-state index >= 15 is 0 Å². The second kappa shape index (κ2) is 1.76. The second-order valence-electron chi connectivity index (χ2n) is 1.90. The number of hydrogen-bond donors (Lipinski definition) is 1. The molecule has 0 aromatic carbocycles. The molecule has 2 rings (SSSR count). The lowest BCUT2D eigenvalue weighted by atomic mass is 10.6. The van der Waals surface area contributed by atoms with Gasteiger partial charge in [-0.25, -0.2) is 0 Å². The first-order valence-corrected chi connectivity index (χ1v) is 2.86. The van der Waals surface area contributed by atoms with Crippen LogP contribution in [0.25, 0.3) is 11.2 Å². The van der Waals surface area contributed by atoms with Gasteiger partial charge < -0.3 is 14.1 Å². The molecule has 0 spiro atoms. The number of H-pyrrole nitrogens is 1. The van der Waals surface area contributed by atoms with Gasteiger partial charge in [0.15, 0.2) is 23.5 Å². The molecule has 4 nitrogen and oxygen atoms in total. The van der Waals surface area contributed by atoms with Gasteiger partial charge >= 0.3 is 0 Å². The molecular weight excluding hydrogens is 132 g/mol. The average Bonchev–Trinajstić information content (AvgIpc) is 2.42. The monoisotopic (exact) mass is 138 g/mol. The number of aromatic amines is 1. The van der Waals surface area contributed by atoms with E-state index < -0.39 is 0 Å². The number of hydrogen-bond acceptors (Lipinski definition) is 3. The molecule has 0 unspecified atom stereocenters. The summed E-state index contributed by atoms with van der Waals surface area (Å²) in [6, 6.07) is 1.75. The van der Waals surface area contributed by atoms with Crippen LogP contribution in [0.2, 0.25) is 0 Å². The van der Waals surface area contributed by atoms with Gasteiger partial charge in [-0.2, -0.15) is 4.98 Å². The zero-order valence-corrected chi connectivity index (χ0v) is 5.42. The first-order valence-electron chi connectivity index (χ1n) is 2.86. The summed E-state index contributed by atoms with van der Waals surface area (Å²) in [4.78, 5) is 6.78. The molecule has 10 heavy (non-hydrogen) atoms. The van der Waals surface area contributed by atoms with Gasteiger partial charge in [0.2, 0.25) is 0 Å². The summed E-state index contributed by atoms with van der Waals surface area (Å²) >= 11 is 0. The molecule has 0 bridgehead atoms. The van der Waals surface area contributed by atoms with Gasteiger partial charge in [0, 0.05) is 6.07 Å². The van der Waals surface area contributed by atoms with Crippen molar-refractivity contribution in [2.75, 3.05) is 7.11 Å². The molecule has 52 valence electrons. The van der Waals surface area contributed by atoms with E-state index in [-0.39, 0.29) is 0 Å². The van der Waals surface area contributed by atoms with Crippen LogP contribution in [0.4, 0.5) is 0 Å². The van der Waals surface area contributed by atoms with Crippen LogP contribution in [0.1, 0.15) is 0 Å². The predicted molar refractivity (Wildman–Crippen MR) is 34.9 cm³/mol. The topological polar surface area (TPSA) is 51.1 Å². The number of nitrogens with one attached hydrogen (secondary N) is 1. The molecule has 2 heterocycles. The summed E-state index contributed by atoms with van der Waals surface area (Å²) in [5.74, 6) is 0.668. The summed E-state index contributed by atoms with van der Waals surface area (Å²) in [5.41, 5.74) is 1.44. The van der Waals surface area contributed by atoms with Crippen molar-refractivity contribution >= 4 is 11.2 Å². The highest BCUT2D eigenvalue weighted by molar-refractivity contribution is 5.70. The van der Waals surface area contributed by atoms with Crippen LogP contribution < -0.4 is 4.74 Å². The summed E-state index contributed by atoms with van der Waals surface area (Å²) < 4.78 is 9.88. The molecule has 1 N–H and O–H groups in total. The number of rotatable bonds is 1. The average molecular weight is 138 g/mol. The van der Waals surface area contributed by atoms with Gasteiger partial charge in [0.1, 0.15) is 0 Å². The molecule has 2 aromatic heterocycles. The predicted octanol–water partition coefficient (Wildman–Crippen LogP) is 1.16. The normalized spacial score (nSPS) is 10.5. The standard InChI is InChI=1S/C6H6N2O2/c1-9-5-2-4-6(8-5)7-3-10-4/h2-3,8H,1H3. The first-order chi connectivity index (χ1) is 4.90. The highest BCUT2D eigenvalue weighted by Gasteiger charge is 2.02. The van der Waals surface area contributed by atoms with Crippen LogP contribution in [0, 0.1) is 0 Å². The van der Waals surface area contributed by atoms with E-state index in [1.54, 1.807) is 13.2 Å². The van der Waals surface area contributed by atoms with E-state index in [2.05, 4.69) is 9.97 Å². The molecule has 0 aliphatic heterocycles. The molecule has 2 aromatic rings. The lowest BCUT2D eigenvalue weighted by molar-refractivity contribution is 0.401. The van der Waals surface area contributed by atoms with Crippen molar-refractivity contribution in [3.8, 4) is 5.88 Å². The van der Waals surface area contributed by atoms with Gasteiger partial charge in [-0.15, -0.1) is 0 Å². The van der Waals surface area contributed by atoms with Crippen molar-refractivity contribution in [3.05, 3.63) is 12.5 Å². The molecule has 0 radical (unpaired) electrons. The lowest BCUT2D eigenvalue weighted by Gasteiger charge is -1.88. The minimum absolute atomic E-state index is 0.668. The molecule has 0 amide bonds. The van der Waals surface area contributed by atoms with Gasteiger partial charge in [-0.05, 0) is 0 Å². The second-order valence-corrected chi connectivity index (χ2v) is 1.90. The van der Waals surface area contributed by atoms with Crippen molar-refractivity contribution in [3.63, 3.8) is 0 Å². The third-order valence-corrected chi connectivity index (χ3v) is 1.32. The Hall–Kier alpha value is -1.45. The highest BCUT2D eigenvalue weighted by Crippen LogP contribution is 2.17. The SMILES string of the molecule is COc1cc2ocnc2[nH]1. The van der Waals surface area contributed by atoms with Crippen LogP contribution >= 0.6 is 0 Å². The zero-order chi connectivity index (χ0) is 6.97. The summed E-state index contributed by atoms with van der Waals surface area (Å²) in [6.07, 6.45) is 1.39. The minimum atomic E-state index is 0.668. The third kappa shape index (κ3) is 0.586. The number of methoxy groups -OCH3 is 1. The summed E-state index contributed by atoms with van der Waals surface area (Å²) in [5, 5.41) is 0. The molecule has 4 heteroatoms. The zero-order valence-electron chi connectivity index (χ0n) is 5.42. The van der Waals surface area contributed by atoms with E-state index in [1.807, 2.05) is 0 Å². The number of fused-ring (bicyclic) bond motifs is 1. The van der Waals surface area contributed by atoms with Crippen LogP contribution in [0.15, 0.2) is 16.9 Å². The summed E-state index contributed by atoms with van der Waals surface area (Å²) in [6.45, 7) is 0. The Balaban J connectivity index is 2.67. The van der Waals surface area contributed by atoms with E-state index in [9.17, 15) is 0 Å². The maximum absolute atomic E-state index is 4.98. The lowest BCUT2D eigenvalue weighted by Crippen LogP contribution is -1.79. The Morgan fingerprint density at radius 2 is 2.60 bits per heavy atom. The number of aromatic nitrogens is 2. The van der Waals surface area contributed by atoms with Crippen molar-refractivity contribution in [2.24, 2.45) is 0 Å². The maximum atomic E-state index is 4.98. The smallest absolute Gasteiger partial charge is 0.196 e. The van der Waals surface area contributed by atoms with Crippen molar-refractivity contribution in [2.45, 2.75) is 0 Å². The fourth-order valence-electron chi connectivity index (χ4n) is 0.833. The van der Waals surface area contributed by atoms with Gasteiger partial charge in [-0.3, -0.25) is 0 Å². The molecule has 0 aliphatic rings. The van der Waals surface area contributed by atoms with Gasteiger partial charge in [0.05, 0.1) is 7.11 Å². The highest BCUT2D eigenvalue weighted by atomic mass is 16.5. The number of oxazole rings is 1. The summed E-state index contributed by atoms with van der Waals surface area (Å²) in [7, 11) is 1.59. The number of nitrogens with zero attached hydrogens (tertiary/aromatic N) is 1. The van der Waals surface area contributed by atoms with Crippen LogP contribution in [-0.4, -0.2) is 17.1 Å². The van der Waals surface area contributed by atoms with Crippen LogP contribution in [0.3, 0.4) is 0 Å². The van der Waals surface area contributed by atoms with E-state index in [0.29, 0.717) is 5.88 Å². The Kier molecular flexibility index (Phi) is 0.943. The molecule has 0 fully saturated rings. The van der Waals surface area contributed by atoms with Crippen molar-refractivity contribution in [1.82, 2.24) is 9.97 Å². The molecular formula is C6H6N2O2. The van der Waals surface area contributed by atoms with Crippen molar-refractivity contribution in [1.29, 1.82) is 0 Å².